The second-order valence-electron chi connectivity index (χ2n) is 8.97. The van der Waals surface area contributed by atoms with E-state index in [0.717, 1.165) is 44.1 Å². The van der Waals surface area contributed by atoms with Crippen molar-refractivity contribution in [1.29, 1.82) is 0 Å². The molecule has 0 aliphatic heterocycles. The molecule has 4 aliphatic carbocycles. The Bertz CT molecular complexity index is 860. The molecule has 5 rings (SSSR count). The van der Waals surface area contributed by atoms with Gasteiger partial charge in [-0.15, -0.1) is 0 Å². The molecule has 0 amide bonds. The number of aryl methyl sites for hydroxylation is 1. The summed E-state index contributed by atoms with van der Waals surface area (Å²) in [6, 6.07) is 7.15. The predicted octanol–water partition coefficient (Wildman–Crippen LogP) is 4.28. The van der Waals surface area contributed by atoms with Crippen LogP contribution in [0.1, 0.15) is 55.8 Å². The summed E-state index contributed by atoms with van der Waals surface area (Å²) in [5, 5.41) is -4.99. The number of alkyl halides is 2. The molecule has 1 atom stereocenters. The molecule has 28 heavy (non-hydrogen) atoms. The van der Waals surface area contributed by atoms with Gasteiger partial charge in [-0.3, -0.25) is 4.55 Å². The van der Waals surface area contributed by atoms with Crippen LogP contribution in [0.5, 0.6) is 0 Å². The van der Waals surface area contributed by atoms with Crippen LogP contribution in [0.3, 0.4) is 0 Å². The van der Waals surface area contributed by atoms with E-state index < -0.39 is 32.9 Å². The van der Waals surface area contributed by atoms with Gasteiger partial charge in [0.1, 0.15) is 6.10 Å². The van der Waals surface area contributed by atoms with Crippen molar-refractivity contribution in [2.45, 2.75) is 56.8 Å². The van der Waals surface area contributed by atoms with Crippen LogP contribution >= 0.6 is 0 Å². The third-order valence-electron chi connectivity index (χ3n) is 6.77. The highest BCUT2D eigenvalue weighted by Gasteiger charge is 2.59. The minimum Gasteiger partial charge on any atom is -0.452 e. The van der Waals surface area contributed by atoms with E-state index in [1.807, 2.05) is 13.0 Å². The van der Waals surface area contributed by atoms with Gasteiger partial charge in [0.25, 0.3) is 0 Å². The zero-order chi connectivity index (χ0) is 20.3. The fourth-order valence-corrected chi connectivity index (χ4v) is 6.42. The molecule has 1 unspecified atom stereocenters. The lowest BCUT2D eigenvalue weighted by Gasteiger charge is -2.58. The van der Waals surface area contributed by atoms with Gasteiger partial charge in [-0.25, -0.2) is 4.79 Å². The molecule has 154 valence electrons. The first-order valence-electron chi connectivity index (χ1n) is 9.63. The third-order valence-corrected chi connectivity index (χ3v) is 7.59. The summed E-state index contributed by atoms with van der Waals surface area (Å²) in [5.41, 5.74) is 1.03. The summed E-state index contributed by atoms with van der Waals surface area (Å²) in [4.78, 5) is 12.2. The van der Waals surface area contributed by atoms with E-state index in [4.69, 9.17) is 9.29 Å². The van der Waals surface area contributed by atoms with Crippen LogP contribution in [0.2, 0.25) is 0 Å². The Morgan fingerprint density at radius 2 is 1.71 bits per heavy atom. The molecular weight excluding hydrogens is 390 g/mol. The van der Waals surface area contributed by atoms with Gasteiger partial charge in [-0.05, 0) is 68.8 Å². The number of hydrogen-bond acceptors (Lipinski definition) is 4. The standard InChI is InChI=1S/C20H24F2O5S/c1-12-3-2-4-16(5-12)17(27-18(23)20(21,22)28(24,25)26)19-9-13-6-14(10-19)8-15(7-13)11-19/h2-5,13-15,17H,6-11H2,1H3,(H,24,25,26). The van der Waals surface area contributed by atoms with Crippen LogP contribution in [0.25, 0.3) is 0 Å². The van der Waals surface area contributed by atoms with E-state index in [9.17, 15) is 22.0 Å². The summed E-state index contributed by atoms with van der Waals surface area (Å²) >= 11 is 0. The van der Waals surface area contributed by atoms with Crippen molar-refractivity contribution in [3.05, 3.63) is 35.4 Å². The first-order valence-corrected chi connectivity index (χ1v) is 11.1. The largest absolute Gasteiger partial charge is 0.465 e. The third kappa shape index (κ3) is 3.24. The Morgan fingerprint density at radius 3 is 2.18 bits per heavy atom. The molecular formula is C20H24F2O5S. The van der Waals surface area contributed by atoms with Gasteiger partial charge in [0, 0.05) is 5.41 Å². The Morgan fingerprint density at radius 1 is 1.18 bits per heavy atom. The van der Waals surface area contributed by atoms with Crippen LogP contribution in [-0.2, 0) is 19.6 Å². The first-order chi connectivity index (χ1) is 13.0. The Hall–Kier alpha value is -1.54. The highest BCUT2D eigenvalue weighted by Crippen LogP contribution is 2.65. The van der Waals surface area contributed by atoms with Crippen molar-refractivity contribution in [2.75, 3.05) is 0 Å². The van der Waals surface area contributed by atoms with E-state index >= 15 is 0 Å². The monoisotopic (exact) mass is 414 g/mol. The lowest BCUT2D eigenvalue weighted by atomic mass is 9.47. The lowest BCUT2D eigenvalue weighted by molar-refractivity contribution is -0.189. The summed E-state index contributed by atoms with van der Waals surface area (Å²) in [6.45, 7) is 1.86. The Kier molecular flexibility index (Phi) is 4.58. The number of esters is 1. The van der Waals surface area contributed by atoms with E-state index in [1.165, 1.54) is 0 Å². The summed E-state index contributed by atoms with van der Waals surface area (Å²) < 4.78 is 64.0. The van der Waals surface area contributed by atoms with Crippen LogP contribution in [0, 0.1) is 30.1 Å². The van der Waals surface area contributed by atoms with Crippen LogP contribution < -0.4 is 0 Å². The SMILES string of the molecule is Cc1cccc(C(OC(=O)C(F)(F)S(=O)(=O)O)C23CC4CC(CC(C4)C2)C3)c1. The topological polar surface area (TPSA) is 80.7 Å². The maximum atomic E-state index is 13.9. The molecule has 8 heteroatoms. The number of halogens is 2. The van der Waals surface area contributed by atoms with Crippen LogP contribution in [0.15, 0.2) is 24.3 Å². The molecule has 4 saturated carbocycles. The molecule has 5 nitrogen and oxygen atoms in total. The number of rotatable bonds is 5. The molecule has 4 bridgehead atoms. The molecule has 1 aromatic rings. The molecule has 1 aromatic carbocycles. The molecule has 0 aromatic heterocycles. The Balaban J connectivity index is 1.73. The Labute approximate surface area is 163 Å². The highest BCUT2D eigenvalue weighted by molar-refractivity contribution is 7.87. The quantitative estimate of drug-likeness (QED) is 0.575. The molecule has 0 heterocycles. The summed E-state index contributed by atoms with van der Waals surface area (Å²) in [6.07, 6.45) is 4.74. The maximum Gasteiger partial charge on any atom is 0.465 e. The van der Waals surface area contributed by atoms with Crippen molar-refractivity contribution < 1.29 is 31.3 Å². The molecule has 1 N–H and O–H groups in total. The average molecular weight is 414 g/mol. The molecule has 0 spiro atoms. The number of hydrogen-bond donors (Lipinski definition) is 1. The van der Waals surface area contributed by atoms with E-state index in [-0.39, 0.29) is 0 Å². The van der Waals surface area contributed by atoms with Gasteiger partial charge in [-0.2, -0.15) is 17.2 Å². The average Bonchev–Trinajstić information content (AvgIpc) is 2.57. The van der Waals surface area contributed by atoms with Crippen molar-refractivity contribution in [1.82, 2.24) is 0 Å². The maximum absolute atomic E-state index is 13.9. The van der Waals surface area contributed by atoms with Crippen molar-refractivity contribution in [3.63, 3.8) is 0 Å². The second kappa shape index (κ2) is 6.49. The fourth-order valence-electron chi connectivity index (χ4n) is 6.16. The number of ether oxygens (including phenoxy) is 1. The first kappa shape index (κ1) is 19.8. The van der Waals surface area contributed by atoms with Gasteiger partial charge >= 0.3 is 21.3 Å². The van der Waals surface area contributed by atoms with Gasteiger partial charge in [0.15, 0.2) is 0 Å². The summed E-state index contributed by atoms with van der Waals surface area (Å²) in [5.74, 6) is -0.754. The zero-order valence-electron chi connectivity index (χ0n) is 15.6. The number of carbonyl (C=O) groups excluding carboxylic acids is 1. The number of benzene rings is 1. The van der Waals surface area contributed by atoms with Crippen molar-refractivity contribution in [3.8, 4) is 0 Å². The second-order valence-corrected chi connectivity index (χ2v) is 10.4. The lowest BCUT2D eigenvalue weighted by Crippen LogP contribution is -2.51. The highest BCUT2D eigenvalue weighted by atomic mass is 32.2. The minimum absolute atomic E-state index is 0.465. The van der Waals surface area contributed by atoms with Crippen molar-refractivity contribution >= 4 is 16.1 Å². The zero-order valence-corrected chi connectivity index (χ0v) is 16.4. The van der Waals surface area contributed by atoms with E-state index in [1.54, 1.807) is 18.2 Å². The van der Waals surface area contributed by atoms with Crippen LogP contribution in [0.4, 0.5) is 8.78 Å². The molecule has 0 radical (unpaired) electrons. The van der Waals surface area contributed by atoms with Crippen LogP contribution in [-0.4, -0.2) is 24.2 Å². The normalized spacial score (nSPS) is 32.9. The van der Waals surface area contributed by atoms with Gasteiger partial charge < -0.3 is 4.74 Å². The van der Waals surface area contributed by atoms with Gasteiger partial charge in [0.05, 0.1) is 0 Å². The smallest absolute Gasteiger partial charge is 0.452 e. The fraction of sp³-hybridized carbons (Fsp3) is 0.650. The molecule has 0 saturated heterocycles. The molecule has 4 aliphatic rings. The van der Waals surface area contributed by atoms with E-state index in [2.05, 4.69) is 0 Å². The summed E-state index contributed by atoms with van der Waals surface area (Å²) in [7, 11) is -5.90. The predicted molar refractivity (Wildman–Crippen MR) is 97.1 cm³/mol. The minimum atomic E-state index is -5.90. The van der Waals surface area contributed by atoms with E-state index in [0.29, 0.717) is 23.3 Å². The number of carbonyl (C=O) groups is 1. The van der Waals surface area contributed by atoms with Crippen molar-refractivity contribution in [2.24, 2.45) is 23.2 Å². The van der Waals surface area contributed by atoms with Gasteiger partial charge in [-0.1, -0.05) is 29.8 Å². The molecule has 4 fully saturated rings. The van der Waals surface area contributed by atoms with Gasteiger partial charge in [0.2, 0.25) is 0 Å².